The second kappa shape index (κ2) is 9.32. The first kappa shape index (κ1) is 22.8. The molecule has 0 bridgehead atoms. The molecule has 0 saturated carbocycles. The van der Waals surface area contributed by atoms with E-state index in [2.05, 4.69) is 47.1 Å². The van der Waals surface area contributed by atoms with Crippen molar-refractivity contribution in [3.8, 4) is 5.69 Å². The zero-order chi connectivity index (χ0) is 24.5. The number of halogens is 1. The number of hydrogen-bond acceptors (Lipinski definition) is 5. The van der Waals surface area contributed by atoms with E-state index in [9.17, 15) is 14.0 Å². The van der Waals surface area contributed by atoms with Crippen LogP contribution in [-0.2, 0) is 11.2 Å². The number of amides is 1. The SMILES string of the molecule is Cc1ccc(C)c(N2CCN(C(=O)CCc3nnc4c(=O)n(-c5cccc(F)c5)ccn34)CC2)c1. The molecule has 1 saturated heterocycles. The van der Waals surface area contributed by atoms with Crippen molar-refractivity contribution in [2.75, 3.05) is 31.1 Å². The van der Waals surface area contributed by atoms with Gasteiger partial charge in [-0.15, -0.1) is 10.2 Å². The van der Waals surface area contributed by atoms with Gasteiger partial charge in [-0.25, -0.2) is 4.39 Å². The topological polar surface area (TPSA) is 75.7 Å². The van der Waals surface area contributed by atoms with E-state index >= 15 is 0 Å². The van der Waals surface area contributed by atoms with Crippen molar-refractivity contribution >= 4 is 17.2 Å². The van der Waals surface area contributed by atoms with E-state index in [0.29, 0.717) is 31.0 Å². The van der Waals surface area contributed by atoms with Gasteiger partial charge in [0.2, 0.25) is 11.6 Å². The van der Waals surface area contributed by atoms with Crippen LogP contribution in [0.25, 0.3) is 11.3 Å². The number of aryl methyl sites for hydroxylation is 3. The molecule has 0 unspecified atom stereocenters. The molecule has 2 aromatic carbocycles. The second-order valence-electron chi connectivity index (χ2n) is 8.92. The van der Waals surface area contributed by atoms with E-state index in [-0.39, 0.29) is 18.0 Å². The highest BCUT2D eigenvalue weighted by molar-refractivity contribution is 5.76. The Labute approximate surface area is 202 Å². The Bertz CT molecular complexity index is 1450. The van der Waals surface area contributed by atoms with Crippen LogP contribution in [0.5, 0.6) is 0 Å². The average Bonchev–Trinajstić information content (AvgIpc) is 3.28. The van der Waals surface area contributed by atoms with Crippen molar-refractivity contribution in [2.45, 2.75) is 26.7 Å². The zero-order valence-corrected chi connectivity index (χ0v) is 19.8. The van der Waals surface area contributed by atoms with Crippen LogP contribution in [0.1, 0.15) is 23.4 Å². The molecular formula is C26H27FN6O2. The van der Waals surface area contributed by atoms with Gasteiger partial charge in [-0.3, -0.25) is 18.6 Å². The van der Waals surface area contributed by atoms with Gasteiger partial charge in [0.05, 0.1) is 5.69 Å². The van der Waals surface area contributed by atoms with Crippen molar-refractivity contribution in [2.24, 2.45) is 0 Å². The predicted octanol–water partition coefficient (Wildman–Crippen LogP) is 2.92. The fourth-order valence-electron chi connectivity index (χ4n) is 4.57. The molecule has 1 aliphatic rings. The molecule has 3 heterocycles. The highest BCUT2D eigenvalue weighted by Gasteiger charge is 2.23. The first-order chi connectivity index (χ1) is 16.9. The Balaban J connectivity index is 1.24. The maximum Gasteiger partial charge on any atom is 0.300 e. The molecule has 1 fully saturated rings. The molecule has 9 heteroatoms. The van der Waals surface area contributed by atoms with Crippen LogP contribution in [0.3, 0.4) is 0 Å². The maximum absolute atomic E-state index is 13.6. The zero-order valence-electron chi connectivity index (χ0n) is 19.8. The van der Waals surface area contributed by atoms with Gasteiger partial charge in [0.15, 0.2) is 0 Å². The molecule has 1 amide bonds. The Morgan fingerprint density at radius 3 is 2.57 bits per heavy atom. The number of carbonyl (C=O) groups excluding carboxylic acids is 1. The molecule has 4 aromatic rings. The Morgan fingerprint density at radius 2 is 1.80 bits per heavy atom. The van der Waals surface area contributed by atoms with Gasteiger partial charge in [0.25, 0.3) is 0 Å². The lowest BCUT2D eigenvalue weighted by Gasteiger charge is -2.37. The first-order valence-corrected chi connectivity index (χ1v) is 11.7. The van der Waals surface area contributed by atoms with Gasteiger partial charge in [-0.05, 0) is 49.2 Å². The van der Waals surface area contributed by atoms with Gasteiger partial charge < -0.3 is 9.80 Å². The van der Waals surface area contributed by atoms with E-state index in [1.165, 1.54) is 33.5 Å². The average molecular weight is 475 g/mol. The molecule has 0 aliphatic carbocycles. The molecule has 0 radical (unpaired) electrons. The second-order valence-corrected chi connectivity index (χ2v) is 8.92. The summed E-state index contributed by atoms with van der Waals surface area (Å²) in [5, 5.41) is 8.17. The molecule has 8 nitrogen and oxygen atoms in total. The van der Waals surface area contributed by atoms with Crippen LogP contribution in [0.15, 0.2) is 59.7 Å². The van der Waals surface area contributed by atoms with E-state index in [0.717, 1.165) is 13.1 Å². The Kier molecular flexibility index (Phi) is 6.07. The summed E-state index contributed by atoms with van der Waals surface area (Å²) >= 11 is 0. The summed E-state index contributed by atoms with van der Waals surface area (Å²) in [6.45, 7) is 7.14. The summed E-state index contributed by atoms with van der Waals surface area (Å²) in [7, 11) is 0. The summed E-state index contributed by atoms with van der Waals surface area (Å²) in [5.74, 6) is 0.186. The van der Waals surface area contributed by atoms with Crippen LogP contribution in [0.2, 0.25) is 0 Å². The molecule has 0 N–H and O–H groups in total. The van der Waals surface area contributed by atoms with Gasteiger partial charge in [-0.1, -0.05) is 18.2 Å². The minimum Gasteiger partial charge on any atom is -0.368 e. The van der Waals surface area contributed by atoms with E-state index < -0.39 is 11.4 Å². The van der Waals surface area contributed by atoms with Gasteiger partial charge in [-0.2, -0.15) is 0 Å². The number of fused-ring (bicyclic) bond motifs is 1. The minimum atomic E-state index is -0.426. The van der Waals surface area contributed by atoms with Crippen LogP contribution in [0, 0.1) is 19.7 Å². The normalized spacial score (nSPS) is 14.0. The molecule has 1 aliphatic heterocycles. The largest absolute Gasteiger partial charge is 0.368 e. The number of piperazine rings is 1. The number of benzene rings is 2. The maximum atomic E-state index is 13.6. The van der Waals surface area contributed by atoms with Crippen molar-refractivity contribution in [3.63, 3.8) is 0 Å². The highest BCUT2D eigenvalue weighted by Crippen LogP contribution is 2.23. The molecule has 180 valence electrons. The molecule has 0 spiro atoms. The van der Waals surface area contributed by atoms with E-state index in [1.807, 2.05) is 4.90 Å². The quantitative estimate of drug-likeness (QED) is 0.445. The molecular weight excluding hydrogens is 447 g/mol. The summed E-state index contributed by atoms with van der Waals surface area (Å²) < 4.78 is 16.5. The standard InChI is InChI=1S/C26H27FN6O2/c1-18-6-7-19(2)22(16-18)30-10-12-31(13-11-30)24(34)9-8-23-28-29-25-26(35)32(14-15-33(23)25)21-5-3-4-20(27)17-21/h3-7,14-17H,8-13H2,1-2H3. The van der Waals surface area contributed by atoms with Crippen molar-refractivity contribution < 1.29 is 9.18 Å². The molecule has 5 rings (SSSR count). The van der Waals surface area contributed by atoms with Crippen LogP contribution >= 0.6 is 0 Å². The fourth-order valence-corrected chi connectivity index (χ4v) is 4.57. The summed E-state index contributed by atoms with van der Waals surface area (Å²) in [6, 6.07) is 12.3. The molecule has 2 aromatic heterocycles. The number of rotatable bonds is 5. The number of nitrogens with zero attached hydrogens (tertiary/aromatic N) is 6. The van der Waals surface area contributed by atoms with Crippen molar-refractivity contribution in [1.82, 2.24) is 24.1 Å². The number of anilines is 1. The van der Waals surface area contributed by atoms with Crippen LogP contribution in [-0.4, -0.2) is 56.2 Å². The Hall–Kier alpha value is -4.01. The lowest BCUT2D eigenvalue weighted by molar-refractivity contribution is -0.131. The predicted molar refractivity (Wildman–Crippen MR) is 132 cm³/mol. The lowest BCUT2D eigenvalue weighted by atomic mass is 10.1. The van der Waals surface area contributed by atoms with Gasteiger partial charge >= 0.3 is 5.56 Å². The van der Waals surface area contributed by atoms with E-state index in [4.69, 9.17) is 0 Å². The van der Waals surface area contributed by atoms with Crippen LogP contribution < -0.4 is 10.5 Å². The Morgan fingerprint density at radius 1 is 1.00 bits per heavy atom. The minimum absolute atomic E-state index is 0.0652. The monoisotopic (exact) mass is 474 g/mol. The van der Waals surface area contributed by atoms with Crippen LogP contribution in [0.4, 0.5) is 10.1 Å². The third kappa shape index (κ3) is 4.53. The van der Waals surface area contributed by atoms with Crippen molar-refractivity contribution in [3.05, 3.63) is 88.0 Å². The third-order valence-corrected chi connectivity index (χ3v) is 6.53. The van der Waals surface area contributed by atoms with Gasteiger partial charge in [0.1, 0.15) is 11.6 Å². The molecule has 0 atom stereocenters. The molecule has 35 heavy (non-hydrogen) atoms. The van der Waals surface area contributed by atoms with E-state index in [1.54, 1.807) is 28.9 Å². The smallest absolute Gasteiger partial charge is 0.300 e. The summed E-state index contributed by atoms with van der Waals surface area (Å²) in [6.07, 6.45) is 3.90. The third-order valence-electron chi connectivity index (χ3n) is 6.53. The summed E-state index contributed by atoms with van der Waals surface area (Å²) in [5.41, 5.74) is 3.86. The fraction of sp³-hybridized carbons (Fsp3) is 0.308. The summed E-state index contributed by atoms with van der Waals surface area (Å²) in [4.78, 5) is 30.0. The van der Waals surface area contributed by atoms with Gasteiger partial charge in [0, 0.05) is 57.1 Å². The number of hydrogen-bond donors (Lipinski definition) is 0. The number of carbonyl (C=O) groups is 1. The lowest BCUT2D eigenvalue weighted by Crippen LogP contribution is -2.49. The van der Waals surface area contributed by atoms with Crippen molar-refractivity contribution in [1.29, 1.82) is 0 Å². The number of aromatic nitrogens is 4. The highest BCUT2D eigenvalue weighted by atomic mass is 19.1. The first-order valence-electron chi connectivity index (χ1n) is 11.7.